The molecule has 1 aromatic heterocycles. The zero-order chi connectivity index (χ0) is 11.7. The maximum Gasteiger partial charge on any atom is 0.337 e. The number of aromatic carboxylic acids is 1. The van der Waals surface area contributed by atoms with Crippen LogP contribution in [-0.4, -0.2) is 16.1 Å². The molecule has 0 saturated heterocycles. The molecule has 1 heterocycles. The highest BCUT2D eigenvalue weighted by atomic mass is 16.4. The summed E-state index contributed by atoms with van der Waals surface area (Å²) in [5, 5.41) is 10.0. The number of hydrogen-bond donors (Lipinski definition) is 1. The molecule has 0 aliphatic heterocycles. The van der Waals surface area contributed by atoms with E-state index in [0.29, 0.717) is 11.4 Å². The van der Waals surface area contributed by atoms with Gasteiger partial charge in [-0.2, -0.15) is 0 Å². The number of carbonyl (C=O) groups is 1. The van der Waals surface area contributed by atoms with Crippen molar-refractivity contribution >= 4 is 16.9 Å². The quantitative estimate of drug-likeness (QED) is 0.837. The summed E-state index contributed by atoms with van der Waals surface area (Å²) in [7, 11) is 0. The lowest BCUT2D eigenvalue weighted by atomic mass is 9.97. The predicted molar refractivity (Wildman–Crippen MR) is 62.8 cm³/mol. The van der Waals surface area contributed by atoms with Crippen LogP contribution in [0.4, 0.5) is 0 Å². The second-order valence-electron chi connectivity index (χ2n) is 4.06. The third kappa shape index (κ3) is 1.65. The minimum atomic E-state index is -0.931. The molecule has 3 heteroatoms. The number of carboxylic acids is 1. The van der Waals surface area contributed by atoms with E-state index < -0.39 is 5.97 Å². The van der Waals surface area contributed by atoms with Crippen molar-refractivity contribution in [1.82, 2.24) is 4.98 Å². The Labute approximate surface area is 93.7 Å². The van der Waals surface area contributed by atoms with Gasteiger partial charge in [-0.15, -0.1) is 0 Å². The highest BCUT2D eigenvalue weighted by Gasteiger charge is 2.12. The van der Waals surface area contributed by atoms with Crippen molar-refractivity contribution in [3.63, 3.8) is 0 Å². The molecule has 16 heavy (non-hydrogen) atoms. The van der Waals surface area contributed by atoms with Gasteiger partial charge in [0.25, 0.3) is 0 Å². The number of para-hydroxylation sites is 1. The molecule has 82 valence electrons. The van der Waals surface area contributed by atoms with Crippen LogP contribution in [0.25, 0.3) is 10.9 Å². The molecular formula is C13H13NO2. The predicted octanol–water partition coefficient (Wildman–Crippen LogP) is 3.06. The summed E-state index contributed by atoms with van der Waals surface area (Å²) in [6, 6.07) is 7.21. The molecule has 0 amide bonds. The average Bonchev–Trinajstić information content (AvgIpc) is 2.27. The first-order valence-corrected chi connectivity index (χ1v) is 5.22. The molecule has 2 rings (SSSR count). The van der Waals surface area contributed by atoms with Crippen molar-refractivity contribution in [1.29, 1.82) is 0 Å². The minimum absolute atomic E-state index is 0.264. The molecule has 0 spiro atoms. The summed E-state index contributed by atoms with van der Waals surface area (Å²) in [5.74, 6) is -0.575. The number of pyridine rings is 1. The lowest BCUT2D eigenvalue weighted by molar-refractivity contribution is 0.0699. The van der Waals surface area contributed by atoms with Crippen molar-refractivity contribution in [2.75, 3.05) is 0 Å². The normalized spacial score (nSPS) is 10.9. The number of aromatic nitrogens is 1. The Kier molecular flexibility index (Phi) is 2.60. The van der Waals surface area contributed by atoms with Crippen LogP contribution in [0.5, 0.6) is 0 Å². The van der Waals surface area contributed by atoms with Crippen molar-refractivity contribution in [2.45, 2.75) is 19.8 Å². The summed E-state index contributed by atoms with van der Waals surface area (Å²) >= 11 is 0. The average molecular weight is 215 g/mol. The molecule has 0 aliphatic rings. The molecule has 0 atom stereocenters. The molecule has 0 aliphatic carbocycles. The maximum atomic E-state index is 11.1. The van der Waals surface area contributed by atoms with E-state index in [0.717, 1.165) is 10.9 Å². The molecule has 3 nitrogen and oxygen atoms in total. The van der Waals surface area contributed by atoms with Gasteiger partial charge >= 0.3 is 5.97 Å². The number of nitrogens with zero attached hydrogens (tertiary/aromatic N) is 1. The van der Waals surface area contributed by atoms with Crippen LogP contribution in [0.3, 0.4) is 0 Å². The third-order valence-electron chi connectivity index (χ3n) is 2.66. The molecule has 0 unspecified atom stereocenters. The third-order valence-corrected chi connectivity index (χ3v) is 2.66. The highest BCUT2D eigenvalue weighted by molar-refractivity contribution is 6.02. The molecular weight excluding hydrogens is 202 g/mol. The second kappa shape index (κ2) is 3.93. The van der Waals surface area contributed by atoms with Gasteiger partial charge in [0.15, 0.2) is 0 Å². The van der Waals surface area contributed by atoms with Gasteiger partial charge in [0.05, 0.1) is 11.1 Å². The fourth-order valence-corrected chi connectivity index (χ4v) is 1.87. The molecule has 2 aromatic rings. The fraction of sp³-hybridized carbons (Fsp3) is 0.231. The Morgan fingerprint density at radius 2 is 2.06 bits per heavy atom. The van der Waals surface area contributed by atoms with E-state index in [1.807, 2.05) is 12.1 Å². The SMILES string of the molecule is CC(C)c1ccnc2c(C(=O)O)cccc12. The number of fused-ring (bicyclic) bond motifs is 1. The molecule has 0 bridgehead atoms. The Balaban J connectivity index is 2.81. The van der Waals surface area contributed by atoms with Gasteiger partial charge in [-0.25, -0.2) is 4.79 Å². The van der Waals surface area contributed by atoms with Gasteiger partial charge in [0.1, 0.15) is 0 Å². The van der Waals surface area contributed by atoms with Crippen LogP contribution in [0.1, 0.15) is 35.7 Å². The lowest BCUT2D eigenvalue weighted by Gasteiger charge is -2.10. The zero-order valence-corrected chi connectivity index (χ0v) is 9.27. The minimum Gasteiger partial charge on any atom is -0.478 e. The lowest BCUT2D eigenvalue weighted by Crippen LogP contribution is -2.00. The van der Waals surface area contributed by atoms with Crippen LogP contribution in [0.15, 0.2) is 30.5 Å². The first kappa shape index (κ1) is 10.6. The fourth-order valence-electron chi connectivity index (χ4n) is 1.87. The first-order chi connectivity index (χ1) is 7.61. The van der Waals surface area contributed by atoms with Crippen LogP contribution in [0.2, 0.25) is 0 Å². The van der Waals surface area contributed by atoms with E-state index in [1.54, 1.807) is 18.3 Å². The molecule has 1 aromatic carbocycles. The van der Waals surface area contributed by atoms with Crippen LogP contribution >= 0.6 is 0 Å². The maximum absolute atomic E-state index is 11.1. The van der Waals surface area contributed by atoms with Crippen molar-refractivity contribution in [3.05, 3.63) is 41.6 Å². The van der Waals surface area contributed by atoms with Crippen LogP contribution in [0, 0.1) is 0 Å². The van der Waals surface area contributed by atoms with Gasteiger partial charge in [-0.1, -0.05) is 26.0 Å². The Bertz CT molecular complexity index is 547. The summed E-state index contributed by atoms with van der Waals surface area (Å²) in [5.41, 5.74) is 1.97. The van der Waals surface area contributed by atoms with E-state index in [9.17, 15) is 4.79 Å². The number of carboxylic acid groups (broad SMARTS) is 1. The number of hydrogen-bond acceptors (Lipinski definition) is 2. The monoisotopic (exact) mass is 215 g/mol. The van der Waals surface area contributed by atoms with Gasteiger partial charge in [-0.3, -0.25) is 4.98 Å². The second-order valence-corrected chi connectivity index (χ2v) is 4.06. The zero-order valence-electron chi connectivity index (χ0n) is 9.27. The molecule has 0 radical (unpaired) electrons. The highest BCUT2D eigenvalue weighted by Crippen LogP contribution is 2.25. The van der Waals surface area contributed by atoms with Crippen LogP contribution in [-0.2, 0) is 0 Å². The largest absolute Gasteiger partial charge is 0.478 e. The van der Waals surface area contributed by atoms with Crippen molar-refractivity contribution < 1.29 is 9.90 Å². The van der Waals surface area contributed by atoms with Crippen molar-refractivity contribution in [3.8, 4) is 0 Å². The molecule has 0 saturated carbocycles. The van der Waals surface area contributed by atoms with E-state index in [1.165, 1.54) is 0 Å². The topological polar surface area (TPSA) is 50.2 Å². The Morgan fingerprint density at radius 1 is 1.31 bits per heavy atom. The van der Waals surface area contributed by atoms with E-state index in [4.69, 9.17) is 5.11 Å². The Hall–Kier alpha value is -1.90. The van der Waals surface area contributed by atoms with Crippen LogP contribution < -0.4 is 0 Å². The Morgan fingerprint density at radius 3 is 2.69 bits per heavy atom. The first-order valence-electron chi connectivity index (χ1n) is 5.22. The van der Waals surface area contributed by atoms with Gasteiger partial charge in [0, 0.05) is 11.6 Å². The van der Waals surface area contributed by atoms with E-state index in [2.05, 4.69) is 18.8 Å². The van der Waals surface area contributed by atoms with Gasteiger partial charge in [0.2, 0.25) is 0 Å². The summed E-state index contributed by atoms with van der Waals surface area (Å²) in [6.45, 7) is 4.17. The van der Waals surface area contributed by atoms with Gasteiger partial charge < -0.3 is 5.11 Å². The smallest absolute Gasteiger partial charge is 0.337 e. The number of rotatable bonds is 2. The van der Waals surface area contributed by atoms with Gasteiger partial charge in [-0.05, 0) is 23.6 Å². The summed E-state index contributed by atoms with van der Waals surface area (Å²) in [4.78, 5) is 15.2. The number of benzene rings is 1. The summed E-state index contributed by atoms with van der Waals surface area (Å²) in [6.07, 6.45) is 1.67. The molecule has 1 N–H and O–H groups in total. The van der Waals surface area contributed by atoms with E-state index >= 15 is 0 Å². The van der Waals surface area contributed by atoms with Crippen molar-refractivity contribution in [2.24, 2.45) is 0 Å². The standard InChI is InChI=1S/C13H13NO2/c1-8(2)9-6-7-14-12-10(9)4-3-5-11(12)13(15)16/h3-8H,1-2H3,(H,15,16). The molecule has 0 fully saturated rings. The van der Waals surface area contributed by atoms with E-state index in [-0.39, 0.29) is 5.56 Å². The summed E-state index contributed by atoms with van der Waals surface area (Å²) < 4.78 is 0.